The Morgan fingerprint density at radius 3 is 3.05 bits per heavy atom. The van der Waals surface area contributed by atoms with Crippen molar-refractivity contribution in [1.82, 2.24) is 20.0 Å². The first-order chi connectivity index (χ1) is 9.06. The first kappa shape index (κ1) is 14.0. The summed E-state index contributed by atoms with van der Waals surface area (Å²) in [6.07, 6.45) is 5.79. The molecule has 1 aromatic heterocycles. The van der Waals surface area contributed by atoms with Crippen LogP contribution >= 0.6 is 0 Å². The number of hydrogen-bond acceptors (Lipinski definition) is 4. The van der Waals surface area contributed by atoms with Crippen LogP contribution in [-0.2, 0) is 11.8 Å². The van der Waals surface area contributed by atoms with E-state index in [2.05, 4.69) is 22.4 Å². The van der Waals surface area contributed by atoms with Gasteiger partial charge in [0.25, 0.3) is 0 Å². The van der Waals surface area contributed by atoms with Crippen LogP contribution in [0.15, 0.2) is 12.4 Å². The molecule has 2 atom stereocenters. The van der Waals surface area contributed by atoms with Gasteiger partial charge in [0.1, 0.15) is 6.04 Å². The van der Waals surface area contributed by atoms with E-state index in [-0.39, 0.29) is 5.91 Å². The highest BCUT2D eigenvalue weighted by Gasteiger charge is 2.21. The van der Waals surface area contributed by atoms with Crippen LogP contribution in [0.5, 0.6) is 0 Å². The normalized spacial score (nSPS) is 22.2. The molecule has 1 aromatic rings. The molecule has 0 aromatic carbocycles. The van der Waals surface area contributed by atoms with E-state index in [0.717, 1.165) is 18.7 Å². The second-order valence-electron chi connectivity index (χ2n) is 5.44. The lowest BCUT2D eigenvalue weighted by Gasteiger charge is -2.29. The molecule has 0 spiro atoms. The third-order valence-corrected chi connectivity index (χ3v) is 3.65. The minimum Gasteiger partial charge on any atom is -0.354 e. The average molecular weight is 265 g/mol. The lowest BCUT2D eigenvalue weighted by Crippen LogP contribution is -2.41. The molecular weight excluding hydrogens is 242 g/mol. The van der Waals surface area contributed by atoms with Crippen LogP contribution in [0.1, 0.15) is 24.4 Å². The van der Waals surface area contributed by atoms with Crippen molar-refractivity contribution in [2.45, 2.75) is 18.9 Å². The zero-order valence-electron chi connectivity index (χ0n) is 11.7. The molecule has 1 aliphatic heterocycles. The summed E-state index contributed by atoms with van der Waals surface area (Å²) in [6, 6.07) is -0.630. The van der Waals surface area contributed by atoms with Gasteiger partial charge >= 0.3 is 0 Å². The maximum absolute atomic E-state index is 12.0. The van der Waals surface area contributed by atoms with Crippen molar-refractivity contribution in [2.24, 2.45) is 18.7 Å². The smallest absolute Gasteiger partial charge is 0.241 e. The van der Waals surface area contributed by atoms with Crippen LogP contribution in [0, 0.1) is 5.92 Å². The maximum Gasteiger partial charge on any atom is 0.241 e. The predicted molar refractivity (Wildman–Crippen MR) is 73.4 cm³/mol. The fraction of sp³-hybridized carbons (Fsp3) is 0.692. The third-order valence-electron chi connectivity index (χ3n) is 3.65. The molecule has 106 valence electrons. The number of aromatic nitrogens is 2. The number of hydrogen-bond donors (Lipinski definition) is 2. The Balaban J connectivity index is 1.80. The van der Waals surface area contributed by atoms with E-state index in [1.807, 2.05) is 7.05 Å². The van der Waals surface area contributed by atoms with Crippen LogP contribution in [0.2, 0.25) is 0 Å². The fourth-order valence-electron chi connectivity index (χ4n) is 2.55. The van der Waals surface area contributed by atoms with E-state index in [9.17, 15) is 4.79 Å². The maximum atomic E-state index is 12.0. The average Bonchev–Trinajstić information content (AvgIpc) is 2.82. The molecule has 0 bridgehead atoms. The van der Waals surface area contributed by atoms with E-state index < -0.39 is 6.04 Å². The second-order valence-corrected chi connectivity index (χ2v) is 5.44. The highest BCUT2D eigenvalue weighted by molar-refractivity contribution is 5.82. The molecule has 0 radical (unpaired) electrons. The van der Waals surface area contributed by atoms with Crippen molar-refractivity contribution in [3.05, 3.63) is 18.0 Å². The molecule has 0 aliphatic carbocycles. The molecule has 19 heavy (non-hydrogen) atoms. The minimum atomic E-state index is -0.630. The monoisotopic (exact) mass is 265 g/mol. The molecule has 1 saturated heterocycles. The molecule has 3 N–H and O–H groups in total. The van der Waals surface area contributed by atoms with Crippen molar-refractivity contribution in [3.8, 4) is 0 Å². The van der Waals surface area contributed by atoms with Crippen molar-refractivity contribution >= 4 is 5.91 Å². The van der Waals surface area contributed by atoms with E-state index in [0.29, 0.717) is 12.5 Å². The lowest BCUT2D eigenvalue weighted by atomic mass is 9.98. The molecule has 2 unspecified atom stereocenters. The van der Waals surface area contributed by atoms with Crippen LogP contribution in [-0.4, -0.2) is 47.3 Å². The Morgan fingerprint density at radius 2 is 2.42 bits per heavy atom. The first-order valence-corrected chi connectivity index (χ1v) is 6.76. The number of nitrogens with two attached hydrogens (primary N) is 1. The van der Waals surface area contributed by atoms with Gasteiger partial charge in [0.2, 0.25) is 5.91 Å². The number of rotatable bonds is 4. The molecule has 2 rings (SSSR count). The Bertz CT molecular complexity index is 430. The van der Waals surface area contributed by atoms with Gasteiger partial charge in [-0.3, -0.25) is 9.48 Å². The molecule has 1 aliphatic rings. The summed E-state index contributed by atoms with van der Waals surface area (Å²) >= 11 is 0. The van der Waals surface area contributed by atoms with Gasteiger partial charge in [0.15, 0.2) is 0 Å². The van der Waals surface area contributed by atoms with Crippen molar-refractivity contribution < 1.29 is 4.79 Å². The van der Waals surface area contributed by atoms with Gasteiger partial charge < -0.3 is 16.0 Å². The van der Waals surface area contributed by atoms with Crippen molar-refractivity contribution in [3.63, 3.8) is 0 Å². The van der Waals surface area contributed by atoms with E-state index >= 15 is 0 Å². The topological polar surface area (TPSA) is 76.2 Å². The van der Waals surface area contributed by atoms with E-state index in [1.165, 1.54) is 12.8 Å². The summed E-state index contributed by atoms with van der Waals surface area (Å²) in [4.78, 5) is 14.3. The summed E-state index contributed by atoms with van der Waals surface area (Å²) < 4.78 is 1.65. The zero-order valence-corrected chi connectivity index (χ0v) is 11.7. The van der Waals surface area contributed by atoms with Gasteiger partial charge in [0.05, 0.1) is 6.20 Å². The van der Waals surface area contributed by atoms with Crippen LogP contribution < -0.4 is 11.1 Å². The Labute approximate surface area is 113 Å². The summed E-state index contributed by atoms with van der Waals surface area (Å²) in [5, 5.41) is 6.98. The molecule has 1 fully saturated rings. The number of piperidine rings is 1. The molecule has 1 amide bonds. The van der Waals surface area contributed by atoms with Gasteiger partial charge in [-0.05, 0) is 32.4 Å². The summed E-state index contributed by atoms with van der Waals surface area (Å²) in [6.45, 7) is 2.90. The summed E-state index contributed by atoms with van der Waals surface area (Å²) in [5.41, 5.74) is 6.67. The van der Waals surface area contributed by atoms with Gasteiger partial charge in [-0.25, -0.2) is 0 Å². The molecular formula is C13H23N5O. The minimum absolute atomic E-state index is 0.124. The SMILES string of the molecule is CN1CCCC(CNC(=O)C(N)c2cnn(C)c2)C1. The van der Waals surface area contributed by atoms with Gasteiger partial charge in [0, 0.05) is 31.9 Å². The van der Waals surface area contributed by atoms with Gasteiger partial charge in [-0.15, -0.1) is 0 Å². The molecule has 6 heteroatoms. The molecule has 0 saturated carbocycles. The predicted octanol–water partition coefficient (Wildman–Crippen LogP) is -0.122. The van der Waals surface area contributed by atoms with Gasteiger partial charge in [-0.2, -0.15) is 5.10 Å². The second kappa shape index (κ2) is 6.16. The number of nitrogens with zero attached hydrogens (tertiary/aromatic N) is 3. The zero-order chi connectivity index (χ0) is 13.8. The number of aryl methyl sites for hydroxylation is 1. The number of amides is 1. The largest absolute Gasteiger partial charge is 0.354 e. The molecule has 6 nitrogen and oxygen atoms in total. The first-order valence-electron chi connectivity index (χ1n) is 6.76. The standard InChI is InChI=1S/C13H23N5O/c1-17-5-3-4-10(8-17)6-15-13(19)12(14)11-7-16-18(2)9-11/h7,9-10,12H,3-6,8,14H2,1-2H3,(H,15,19). The van der Waals surface area contributed by atoms with E-state index in [1.54, 1.807) is 17.1 Å². The van der Waals surface area contributed by atoms with Crippen molar-refractivity contribution in [2.75, 3.05) is 26.7 Å². The van der Waals surface area contributed by atoms with Crippen LogP contribution in [0.3, 0.4) is 0 Å². The summed E-state index contributed by atoms with van der Waals surface area (Å²) in [7, 11) is 3.93. The number of carbonyl (C=O) groups excluding carboxylic acids is 1. The molecule has 2 heterocycles. The Morgan fingerprint density at radius 1 is 1.63 bits per heavy atom. The van der Waals surface area contributed by atoms with Crippen LogP contribution in [0.4, 0.5) is 0 Å². The van der Waals surface area contributed by atoms with Gasteiger partial charge in [-0.1, -0.05) is 0 Å². The number of nitrogens with one attached hydrogen (secondary N) is 1. The summed E-state index contributed by atoms with van der Waals surface area (Å²) in [5.74, 6) is 0.407. The highest BCUT2D eigenvalue weighted by Crippen LogP contribution is 2.14. The quantitative estimate of drug-likeness (QED) is 0.795. The highest BCUT2D eigenvalue weighted by atomic mass is 16.2. The lowest BCUT2D eigenvalue weighted by molar-refractivity contribution is -0.122. The number of likely N-dealkylation sites (tertiary alicyclic amines) is 1. The third kappa shape index (κ3) is 3.78. The fourth-order valence-corrected chi connectivity index (χ4v) is 2.55. The van der Waals surface area contributed by atoms with Crippen LogP contribution in [0.25, 0.3) is 0 Å². The van der Waals surface area contributed by atoms with Crippen molar-refractivity contribution in [1.29, 1.82) is 0 Å². The Hall–Kier alpha value is -1.40. The van der Waals surface area contributed by atoms with E-state index in [4.69, 9.17) is 5.73 Å². The Kier molecular flexibility index (Phi) is 4.55. The number of carbonyl (C=O) groups is 1.